The summed E-state index contributed by atoms with van der Waals surface area (Å²) in [4.78, 5) is 56.4. The van der Waals surface area contributed by atoms with Crippen molar-refractivity contribution in [1.82, 2.24) is 19.8 Å². The van der Waals surface area contributed by atoms with Crippen LogP contribution in [0.5, 0.6) is 5.75 Å². The lowest BCUT2D eigenvalue weighted by atomic mass is 9.86. The van der Waals surface area contributed by atoms with Gasteiger partial charge in [-0.2, -0.15) is 0 Å². The lowest BCUT2D eigenvalue weighted by Crippen LogP contribution is -2.46. The molecule has 0 unspecified atom stereocenters. The smallest absolute Gasteiger partial charge is 0.415 e. The summed E-state index contributed by atoms with van der Waals surface area (Å²) in [6.45, 7) is 5.71. The Labute approximate surface area is 260 Å². The molecule has 12 nitrogen and oxygen atoms in total. The number of unbranched alkanes of at least 4 members (excludes halogenated alkanes) is 1. The maximum absolute atomic E-state index is 13.6. The number of rotatable bonds is 9. The molecule has 1 amide bonds. The molecule has 6 rings (SSSR count). The fraction of sp³-hybridized carbons (Fsp3) is 0.485. The van der Waals surface area contributed by atoms with Crippen molar-refractivity contribution >= 4 is 28.9 Å². The fourth-order valence-electron chi connectivity index (χ4n) is 6.75. The molecule has 3 aliphatic heterocycles. The van der Waals surface area contributed by atoms with Crippen LogP contribution >= 0.6 is 0 Å². The van der Waals surface area contributed by atoms with Crippen molar-refractivity contribution in [3.8, 4) is 17.1 Å². The van der Waals surface area contributed by atoms with Gasteiger partial charge in [0, 0.05) is 42.1 Å². The molecule has 1 aromatic carbocycles. The number of esters is 1. The first-order chi connectivity index (χ1) is 21.6. The average Bonchev–Trinajstić information content (AvgIpc) is 3.40. The molecule has 2 aromatic heterocycles. The predicted octanol–water partition coefficient (Wildman–Crippen LogP) is 3.45. The number of fused-ring (bicyclic) bond motifs is 5. The molecular weight excluding hydrogens is 580 g/mol. The Kier molecular flexibility index (Phi) is 8.36. The maximum atomic E-state index is 13.6. The van der Waals surface area contributed by atoms with Gasteiger partial charge in [0.15, 0.2) is 5.60 Å². The Morgan fingerprint density at radius 3 is 2.62 bits per heavy atom. The third-order valence-corrected chi connectivity index (χ3v) is 9.34. The minimum atomic E-state index is -1.89. The molecule has 0 radical (unpaired) electrons. The Bertz CT molecular complexity index is 1740. The molecule has 0 aliphatic carbocycles. The topological polar surface area (TPSA) is 160 Å². The third kappa shape index (κ3) is 5.57. The van der Waals surface area contributed by atoms with E-state index >= 15 is 0 Å². The molecular formula is C33H38N4O8. The number of aliphatic carboxylic acids is 1. The zero-order chi connectivity index (χ0) is 31.9. The summed E-state index contributed by atoms with van der Waals surface area (Å²) >= 11 is 0. The SMILES string of the molecule is CCc1c2c(nc3ccc(OC(=O)N4CCC(NCCCCC(=O)O)CC4)cc13)-c1cc3c(c(=O)n1C2)COC(=O)[C@]3(O)CC. The Morgan fingerprint density at radius 1 is 1.13 bits per heavy atom. The number of carbonyl (C=O) groups is 3. The number of likely N-dealkylation sites (tertiary alicyclic amines) is 1. The van der Waals surface area contributed by atoms with Crippen LogP contribution in [0.2, 0.25) is 0 Å². The summed E-state index contributed by atoms with van der Waals surface area (Å²) in [6.07, 6.45) is 3.53. The third-order valence-electron chi connectivity index (χ3n) is 9.34. The van der Waals surface area contributed by atoms with E-state index in [9.17, 15) is 24.3 Å². The molecule has 238 valence electrons. The van der Waals surface area contributed by atoms with Gasteiger partial charge in [0.05, 0.1) is 29.0 Å². The summed E-state index contributed by atoms with van der Waals surface area (Å²) in [5.41, 5.74) is 2.12. The number of amides is 1. The molecule has 0 saturated carbocycles. The van der Waals surface area contributed by atoms with Gasteiger partial charge in [-0.1, -0.05) is 13.8 Å². The number of ether oxygens (including phenoxy) is 2. The van der Waals surface area contributed by atoms with Crippen molar-refractivity contribution in [2.24, 2.45) is 0 Å². The van der Waals surface area contributed by atoms with Crippen molar-refractivity contribution in [2.75, 3.05) is 19.6 Å². The number of carboxylic acids is 1. The van der Waals surface area contributed by atoms with Gasteiger partial charge in [0.1, 0.15) is 12.4 Å². The van der Waals surface area contributed by atoms with Crippen LogP contribution < -0.4 is 15.6 Å². The summed E-state index contributed by atoms with van der Waals surface area (Å²) in [5, 5.41) is 24.2. The number of aliphatic hydroxyl groups is 1. The first-order valence-electron chi connectivity index (χ1n) is 15.7. The molecule has 12 heteroatoms. The second kappa shape index (κ2) is 12.2. The van der Waals surface area contributed by atoms with E-state index in [1.807, 2.05) is 13.0 Å². The number of cyclic esters (lactones) is 1. The number of hydrogen-bond acceptors (Lipinski definition) is 9. The van der Waals surface area contributed by atoms with Crippen LogP contribution in [0, 0.1) is 0 Å². The molecule has 1 atom stereocenters. The molecule has 3 N–H and O–H groups in total. The molecule has 0 bridgehead atoms. The van der Waals surface area contributed by atoms with Crippen molar-refractivity contribution in [2.45, 2.75) is 83.6 Å². The Hall–Kier alpha value is -4.29. The molecule has 3 aliphatic rings. The largest absolute Gasteiger partial charge is 0.481 e. The molecule has 45 heavy (non-hydrogen) atoms. The predicted molar refractivity (Wildman–Crippen MR) is 164 cm³/mol. The second-order valence-corrected chi connectivity index (χ2v) is 12.0. The van der Waals surface area contributed by atoms with Crippen LogP contribution in [0.1, 0.15) is 74.6 Å². The highest BCUT2D eigenvalue weighted by molar-refractivity contribution is 5.90. The standard InChI is InChI=1S/C33H38N4O8/c1-3-21-22-15-20(45-32(42)36-13-10-19(11-14-36)34-12-6-5-7-28(38)39)8-9-26(22)35-29-23(21)17-37-27(29)16-25-24(30(37)40)18-44-31(41)33(25,43)4-2/h8-9,15-16,19,34,43H,3-7,10-14,17-18H2,1-2H3,(H,38,39)/t33-/m0/s1. The summed E-state index contributed by atoms with van der Waals surface area (Å²) in [7, 11) is 0. The maximum Gasteiger partial charge on any atom is 0.415 e. The first-order valence-corrected chi connectivity index (χ1v) is 15.7. The van der Waals surface area contributed by atoms with Crippen LogP contribution in [-0.2, 0) is 39.5 Å². The number of piperidine rings is 1. The van der Waals surface area contributed by atoms with E-state index < -0.39 is 23.6 Å². The van der Waals surface area contributed by atoms with Gasteiger partial charge in [-0.05, 0) is 74.9 Å². The molecule has 3 aromatic rings. The van der Waals surface area contributed by atoms with E-state index in [1.165, 1.54) is 0 Å². The quantitative estimate of drug-likeness (QED) is 0.187. The number of nitrogens with zero attached hydrogens (tertiary/aromatic N) is 3. The highest BCUT2D eigenvalue weighted by Gasteiger charge is 2.45. The number of carboxylic acid groups (broad SMARTS) is 1. The van der Waals surface area contributed by atoms with Crippen LogP contribution in [-0.4, -0.2) is 68.4 Å². The van der Waals surface area contributed by atoms with E-state index in [-0.39, 0.29) is 42.2 Å². The molecule has 1 saturated heterocycles. The minimum Gasteiger partial charge on any atom is -0.481 e. The van der Waals surface area contributed by atoms with Crippen molar-refractivity contribution in [3.05, 3.63) is 56.9 Å². The van der Waals surface area contributed by atoms with E-state index in [4.69, 9.17) is 19.6 Å². The number of carbonyl (C=O) groups excluding carboxylic acids is 2. The van der Waals surface area contributed by atoms with E-state index in [1.54, 1.807) is 34.6 Å². The van der Waals surface area contributed by atoms with Gasteiger partial charge in [-0.25, -0.2) is 14.6 Å². The lowest BCUT2D eigenvalue weighted by Gasteiger charge is -2.31. The lowest BCUT2D eigenvalue weighted by molar-refractivity contribution is -0.172. The van der Waals surface area contributed by atoms with Crippen molar-refractivity contribution < 1.29 is 34.1 Å². The van der Waals surface area contributed by atoms with E-state index in [0.717, 1.165) is 42.3 Å². The number of benzene rings is 1. The fourth-order valence-corrected chi connectivity index (χ4v) is 6.75. The number of aryl methyl sites for hydroxylation is 1. The van der Waals surface area contributed by atoms with Gasteiger partial charge in [0.25, 0.3) is 5.56 Å². The van der Waals surface area contributed by atoms with Gasteiger partial charge in [-0.3, -0.25) is 9.59 Å². The summed E-state index contributed by atoms with van der Waals surface area (Å²) in [5.74, 6) is -1.12. The van der Waals surface area contributed by atoms with Crippen LogP contribution in [0.3, 0.4) is 0 Å². The molecule has 5 heterocycles. The monoisotopic (exact) mass is 618 g/mol. The van der Waals surface area contributed by atoms with Crippen molar-refractivity contribution in [1.29, 1.82) is 0 Å². The Morgan fingerprint density at radius 2 is 1.91 bits per heavy atom. The van der Waals surface area contributed by atoms with Crippen LogP contribution in [0.25, 0.3) is 22.3 Å². The number of hydrogen-bond donors (Lipinski definition) is 3. The number of aromatic nitrogens is 2. The molecule has 0 spiro atoms. The zero-order valence-corrected chi connectivity index (χ0v) is 25.6. The normalized spacial score (nSPS) is 19.2. The van der Waals surface area contributed by atoms with Crippen LogP contribution in [0.15, 0.2) is 29.1 Å². The van der Waals surface area contributed by atoms with E-state index in [2.05, 4.69) is 5.32 Å². The van der Waals surface area contributed by atoms with Gasteiger partial charge < -0.3 is 34.5 Å². The summed E-state index contributed by atoms with van der Waals surface area (Å²) < 4.78 is 12.6. The highest BCUT2D eigenvalue weighted by Crippen LogP contribution is 2.40. The van der Waals surface area contributed by atoms with Gasteiger partial charge in [0.2, 0.25) is 0 Å². The number of nitrogens with one attached hydrogen (secondary N) is 1. The number of pyridine rings is 2. The summed E-state index contributed by atoms with van der Waals surface area (Å²) in [6, 6.07) is 7.33. The van der Waals surface area contributed by atoms with Crippen molar-refractivity contribution in [3.63, 3.8) is 0 Å². The van der Waals surface area contributed by atoms with E-state index in [0.29, 0.717) is 55.1 Å². The molecule has 1 fully saturated rings. The minimum absolute atomic E-state index is 0.0759. The Balaban J connectivity index is 1.19. The first kappa shape index (κ1) is 30.7. The zero-order valence-electron chi connectivity index (χ0n) is 25.6. The van der Waals surface area contributed by atoms with Gasteiger partial charge >= 0.3 is 18.0 Å². The average molecular weight is 619 g/mol. The van der Waals surface area contributed by atoms with Gasteiger partial charge in [-0.15, -0.1) is 0 Å². The highest BCUT2D eigenvalue weighted by atomic mass is 16.6. The second-order valence-electron chi connectivity index (χ2n) is 12.0. The van der Waals surface area contributed by atoms with Crippen LogP contribution in [0.4, 0.5) is 4.79 Å².